The first-order valence-electron chi connectivity index (χ1n) is 10.7. The Hall–Kier alpha value is -2.96. The molecule has 160 valence electrons. The van der Waals surface area contributed by atoms with Crippen LogP contribution in [-0.4, -0.2) is 29.1 Å². The molecule has 5 rings (SSSR count). The molecule has 0 spiro atoms. The molecule has 0 bridgehead atoms. The van der Waals surface area contributed by atoms with Crippen LogP contribution in [-0.2, 0) is 4.79 Å². The number of likely N-dealkylation sites (N-methyl/N-ethyl adjacent to an activating group) is 1. The molecule has 2 aliphatic heterocycles. The molecule has 6 heteroatoms. The fraction of sp³-hybridized carbons (Fsp3) is 0.154. The van der Waals surface area contributed by atoms with Crippen molar-refractivity contribution in [2.24, 2.45) is 4.99 Å². The molecule has 1 saturated heterocycles. The largest absolute Gasteiger partial charge is 0.334 e. The van der Waals surface area contributed by atoms with E-state index in [1.807, 2.05) is 49.4 Å². The predicted molar refractivity (Wildman–Crippen MR) is 136 cm³/mol. The Balaban J connectivity index is 1.47. The zero-order chi connectivity index (χ0) is 22.1. The van der Waals surface area contributed by atoms with Crippen molar-refractivity contribution < 1.29 is 4.79 Å². The second kappa shape index (κ2) is 8.88. The van der Waals surface area contributed by atoms with Gasteiger partial charge in [-0.1, -0.05) is 66.4 Å². The highest BCUT2D eigenvalue weighted by Gasteiger charge is 2.38. The molecule has 4 nitrogen and oxygen atoms in total. The van der Waals surface area contributed by atoms with E-state index in [2.05, 4.69) is 48.2 Å². The van der Waals surface area contributed by atoms with Crippen molar-refractivity contribution in [3.8, 4) is 11.1 Å². The van der Waals surface area contributed by atoms with E-state index in [0.29, 0.717) is 6.54 Å². The van der Waals surface area contributed by atoms with Gasteiger partial charge < -0.3 is 4.90 Å². The second-order valence-electron chi connectivity index (χ2n) is 7.41. The standard InChI is InChI=1S/C26H23N3OS2/c1-3-28-21-12-8-9-13-22(21)31-25(28)23-24(30)29(4-2)26(32-23)27-20-16-14-19(15-17-20)18-10-6-5-7-11-18/h5-17H,3-4H2,1-2H3. The predicted octanol–water partition coefficient (Wildman–Crippen LogP) is 6.74. The summed E-state index contributed by atoms with van der Waals surface area (Å²) in [5.74, 6) is 0.0333. The molecule has 3 aromatic rings. The molecule has 0 aliphatic carbocycles. The summed E-state index contributed by atoms with van der Waals surface area (Å²) in [6.45, 7) is 5.52. The molecule has 1 fully saturated rings. The van der Waals surface area contributed by atoms with E-state index >= 15 is 0 Å². The van der Waals surface area contributed by atoms with Crippen molar-refractivity contribution in [1.29, 1.82) is 0 Å². The van der Waals surface area contributed by atoms with E-state index in [1.165, 1.54) is 27.9 Å². The number of anilines is 1. The molecular weight excluding hydrogens is 434 g/mol. The number of nitrogens with zero attached hydrogens (tertiary/aromatic N) is 3. The van der Waals surface area contributed by atoms with Crippen molar-refractivity contribution in [2.45, 2.75) is 18.7 Å². The number of fused-ring (bicyclic) bond motifs is 1. The first-order valence-corrected chi connectivity index (χ1v) is 12.4. The van der Waals surface area contributed by atoms with Crippen LogP contribution in [0, 0.1) is 0 Å². The fourth-order valence-electron chi connectivity index (χ4n) is 3.88. The summed E-state index contributed by atoms with van der Waals surface area (Å²) in [4.78, 5) is 24.1. The minimum absolute atomic E-state index is 0.0333. The highest BCUT2D eigenvalue weighted by atomic mass is 32.2. The molecule has 2 heterocycles. The minimum atomic E-state index is 0.0333. The third-order valence-corrected chi connectivity index (χ3v) is 7.88. The number of aliphatic imine (C=N–C) groups is 1. The number of para-hydroxylation sites is 1. The molecule has 32 heavy (non-hydrogen) atoms. The second-order valence-corrected chi connectivity index (χ2v) is 9.42. The van der Waals surface area contributed by atoms with E-state index in [0.717, 1.165) is 32.9 Å². The van der Waals surface area contributed by atoms with Crippen LogP contribution in [0.25, 0.3) is 11.1 Å². The lowest BCUT2D eigenvalue weighted by Crippen LogP contribution is -2.29. The maximum atomic E-state index is 13.3. The van der Waals surface area contributed by atoms with Crippen LogP contribution < -0.4 is 4.90 Å². The van der Waals surface area contributed by atoms with E-state index in [1.54, 1.807) is 16.7 Å². The van der Waals surface area contributed by atoms with Crippen LogP contribution in [0.5, 0.6) is 0 Å². The van der Waals surface area contributed by atoms with Crippen LogP contribution in [0.4, 0.5) is 11.4 Å². The van der Waals surface area contributed by atoms with E-state index in [9.17, 15) is 4.79 Å². The highest BCUT2D eigenvalue weighted by molar-refractivity contribution is 8.19. The van der Waals surface area contributed by atoms with Gasteiger partial charge in [-0.15, -0.1) is 0 Å². The number of hydrogen-bond donors (Lipinski definition) is 0. The Morgan fingerprint density at radius 3 is 2.12 bits per heavy atom. The first kappa shape index (κ1) is 20.9. The fourth-order valence-corrected chi connectivity index (χ4v) is 6.34. The molecule has 0 saturated carbocycles. The maximum absolute atomic E-state index is 13.3. The summed E-state index contributed by atoms with van der Waals surface area (Å²) in [5.41, 5.74) is 4.34. The van der Waals surface area contributed by atoms with Gasteiger partial charge in [-0.05, 0) is 61.0 Å². The van der Waals surface area contributed by atoms with Gasteiger partial charge in [0.05, 0.1) is 11.4 Å². The molecule has 0 unspecified atom stereocenters. The van der Waals surface area contributed by atoms with Gasteiger partial charge in [0.2, 0.25) is 0 Å². The van der Waals surface area contributed by atoms with Gasteiger partial charge in [0, 0.05) is 18.0 Å². The monoisotopic (exact) mass is 457 g/mol. The van der Waals surface area contributed by atoms with Gasteiger partial charge in [-0.3, -0.25) is 9.69 Å². The maximum Gasteiger partial charge on any atom is 0.269 e. The lowest BCUT2D eigenvalue weighted by atomic mass is 10.1. The molecule has 3 aromatic carbocycles. The number of carbonyl (C=O) groups excluding carboxylic acids is 1. The number of rotatable bonds is 4. The third-order valence-electron chi connectivity index (χ3n) is 5.50. The van der Waals surface area contributed by atoms with Gasteiger partial charge in [0.15, 0.2) is 5.17 Å². The number of benzene rings is 3. The zero-order valence-corrected chi connectivity index (χ0v) is 19.6. The molecular formula is C26H23N3OS2. The molecule has 0 aromatic heterocycles. The van der Waals surface area contributed by atoms with E-state index in [-0.39, 0.29) is 5.91 Å². The number of thioether (sulfide) groups is 2. The van der Waals surface area contributed by atoms with Crippen LogP contribution in [0.1, 0.15) is 13.8 Å². The van der Waals surface area contributed by atoms with Gasteiger partial charge in [0.1, 0.15) is 9.93 Å². The lowest BCUT2D eigenvalue weighted by Gasteiger charge is -2.19. The molecule has 0 atom stereocenters. The van der Waals surface area contributed by atoms with E-state index in [4.69, 9.17) is 4.99 Å². The summed E-state index contributed by atoms with van der Waals surface area (Å²) in [5, 5.41) is 1.74. The molecule has 0 radical (unpaired) electrons. The number of amides is 1. The van der Waals surface area contributed by atoms with Crippen molar-refractivity contribution in [1.82, 2.24) is 4.90 Å². The smallest absolute Gasteiger partial charge is 0.269 e. The summed E-state index contributed by atoms with van der Waals surface area (Å²) in [6.07, 6.45) is 0. The van der Waals surface area contributed by atoms with Gasteiger partial charge in [0.25, 0.3) is 5.91 Å². The Bertz CT molecular complexity index is 1220. The molecule has 1 amide bonds. The van der Waals surface area contributed by atoms with Crippen molar-refractivity contribution in [3.63, 3.8) is 0 Å². The number of hydrogen-bond acceptors (Lipinski definition) is 5. The molecule has 0 N–H and O–H groups in total. The van der Waals surface area contributed by atoms with Crippen molar-refractivity contribution >= 4 is 46.0 Å². The SMILES string of the molecule is CCN1C(=O)C(=C2Sc3ccccc3N2CC)SC1=Nc1ccc(-c2ccccc2)cc1. The Labute approximate surface area is 197 Å². The number of carbonyl (C=O) groups is 1. The average Bonchev–Trinajstić information content (AvgIpc) is 3.36. The zero-order valence-electron chi connectivity index (χ0n) is 18.0. The Morgan fingerprint density at radius 2 is 1.41 bits per heavy atom. The summed E-state index contributed by atoms with van der Waals surface area (Å²) in [7, 11) is 0. The van der Waals surface area contributed by atoms with E-state index < -0.39 is 0 Å². The van der Waals surface area contributed by atoms with Crippen LogP contribution >= 0.6 is 23.5 Å². The van der Waals surface area contributed by atoms with Crippen LogP contribution in [0.3, 0.4) is 0 Å². The third kappa shape index (κ3) is 3.74. The summed E-state index contributed by atoms with van der Waals surface area (Å²) in [6, 6.07) is 26.8. The van der Waals surface area contributed by atoms with Crippen LogP contribution in [0.2, 0.25) is 0 Å². The topological polar surface area (TPSA) is 35.9 Å². The lowest BCUT2D eigenvalue weighted by molar-refractivity contribution is -0.122. The van der Waals surface area contributed by atoms with Crippen molar-refractivity contribution in [3.05, 3.63) is 88.8 Å². The summed E-state index contributed by atoms with van der Waals surface area (Å²) < 4.78 is 0. The summed E-state index contributed by atoms with van der Waals surface area (Å²) >= 11 is 3.15. The van der Waals surface area contributed by atoms with Crippen molar-refractivity contribution in [2.75, 3.05) is 18.0 Å². The quantitative estimate of drug-likeness (QED) is 0.407. The van der Waals surface area contributed by atoms with Gasteiger partial charge in [-0.2, -0.15) is 0 Å². The van der Waals surface area contributed by atoms with Gasteiger partial charge in [-0.25, -0.2) is 4.99 Å². The average molecular weight is 458 g/mol. The van der Waals surface area contributed by atoms with Gasteiger partial charge >= 0.3 is 0 Å². The Kier molecular flexibility index (Phi) is 5.81. The molecule has 2 aliphatic rings. The van der Waals surface area contributed by atoms with Crippen LogP contribution in [0.15, 0.2) is 98.7 Å². The minimum Gasteiger partial charge on any atom is -0.334 e. The Morgan fingerprint density at radius 1 is 0.750 bits per heavy atom. The normalized spacial score (nSPS) is 19.2. The number of amidine groups is 1. The highest BCUT2D eigenvalue weighted by Crippen LogP contribution is 2.50. The first-order chi connectivity index (χ1) is 15.7.